The van der Waals surface area contributed by atoms with E-state index < -0.39 is 0 Å². The normalized spacial score (nSPS) is 13.0. The van der Waals surface area contributed by atoms with Gasteiger partial charge in [-0.2, -0.15) is 0 Å². The van der Waals surface area contributed by atoms with E-state index in [0.717, 1.165) is 17.0 Å². The molecule has 0 bridgehead atoms. The fraction of sp³-hybridized carbons (Fsp3) is 0.364. The molecule has 3 nitrogen and oxygen atoms in total. The molecule has 0 spiro atoms. The number of nitrogens with two attached hydrogens (primary N) is 1. The van der Waals surface area contributed by atoms with Crippen molar-refractivity contribution in [3.05, 3.63) is 29.0 Å². The zero-order valence-corrected chi connectivity index (χ0v) is 9.67. The highest BCUT2D eigenvalue weighted by Gasteiger charge is 2.09. The van der Waals surface area contributed by atoms with Crippen molar-refractivity contribution >= 4 is 11.3 Å². The summed E-state index contributed by atoms with van der Waals surface area (Å²) in [6.45, 7) is 4.03. The maximum Gasteiger partial charge on any atom is 0.236 e. The SMILES string of the molecule is Cc1ccc(-c2nc(CC(C)N)co2)s1. The molecule has 0 aliphatic heterocycles. The molecule has 0 fully saturated rings. The molecule has 0 radical (unpaired) electrons. The van der Waals surface area contributed by atoms with E-state index in [4.69, 9.17) is 10.2 Å². The van der Waals surface area contributed by atoms with E-state index in [1.807, 2.05) is 13.0 Å². The molecule has 0 aliphatic rings. The molecule has 2 aromatic rings. The lowest BCUT2D eigenvalue weighted by molar-refractivity contribution is 0.572. The molecule has 0 saturated heterocycles. The summed E-state index contributed by atoms with van der Waals surface area (Å²) in [5.74, 6) is 0.698. The van der Waals surface area contributed by atoms with Crippen molar-refractivity contribution in [2.75, 3.05) is 0 Å². The molecule has 2 rings (SSSR count). The molecule has 2 N–H and O–H groups in total. The van der Waals surface area contributed by atoms with Crippen LogP contribution in [-0.2, 0) is 6.42 Å². The Balaban J connectivity index is 2.20. The van der Waals surface area contributed by atoms with E-state index in [-0.39, 0.29) is 6.04 Å². The fourth-order valence-electron chi connectivity index (χ4n) is 1.39. The molecule has 80 valence electrons. The van der Waals surface area contributed by atoms with Crippen LogP contribution >= 0.6 is 11.3 Å². The Hall–Kier alpha value is -1.13. The molecule has 1 atom stereocenters. The molecule has 0 saturated carbocycles. The number of aryl methyl sites for hydroxylation is 1. The standard InChI is InChI=1S/C11H14N2OS/c1-7(12)5-9-6-14-11(13-9)10-4-3-8(2)15-10/h3-4,6-7H,5,12H2,1-2H3. The Morgan fingerprint density at radius 2 is 2.33 bits per heavy atom. The van der Waals surface area contributed by atoms with Crippen molar-refractivity contribution < 1.29 is 4.42 Å². The van der Waals surface area contributed by atoms with E-state index in [1.54, 1.807) is 17.6 Å². The van der Waals surface area contributed by atoms with Crippen LogP contribution in [0.1, 0.15) is 17.5 Å². The summed E-state index contributed by atoms with van der Waals surface area (Å²) in [5, 5.41) is 0. The van der Waals surface area contributed by atoms with Gasteiger partial charge in [-0.25, -0.2) is 4.98 Å². The summed E-state index contributed by atoms with van der Waals surface area (Å²) in [5.41, 5.74) is 6.62. The maximum absolute atomic E-state index is 5.70. The molecular formula is C11H14N2OS. The van der Waals surface area contributed by atoms with E-state index >= 15 is 0 Å². The molecule has 1 unspecified atom stereocenters. The van der Waals surface area contributed by atoms with Gasteiger partial charge in [0.05, 0.1) is 10.6 Å². The number of hydrogen-bond acceptors (Lipinski definition) is 4. The van der Waals surface area contributed by atoms with Crippen LogP contribution in [0.15, 0.2) is 22.8 Å². The zero-order chi connectivity index (χ0) is 10.8. The van der Waals surface area contributed by atoms with Crippen LogP contribution in [-0.4, -0.2) is 11.0 Å². The molecule has 0 aliphatic carbocycles. The summed E-state index contributed by atoms with van der Waals surface area (Å²) in [7, 11) is 0. The van der Waals surface area contributed by atoms with Gasteiger partial charge in [-0.3, -0.25) is 0 Å². The summed E-state index contributed by atoms with van der Waals surface area (Å²) in [4.78, 5) is 6.73. The Labute approximate surface area is 92.9 Å². The van der Waals surface area contributed by atoms with Crippen LogP contribution in [0, 0.1) is 6.92 Å². The first-order valence-corrected chi connectivity index (χ1v) is 5.73. The second kappa shape index (κ2) is 4.16. The lowest BCUT2D eigenvalue weighted by Gasteiger charge is -1.98. The molecule has 2 aromatic heterocycles. The van der Waals surface area contributed by atoms with Crippen molar-refractivity contribution in [2.24, 2.45) is 5.73 Å². The van der Waals surface area contributed by atoms with Gasteiger partial charge in [0.1, 0.15) is 6.26 Å². The van der Waals surface area contributed by atoms with Crippen molar-refractivity contribution in [3.63, 3.8) is 0 Å². The van der Waals surface area contributed by atoms with Gasteiger partial charge >= 0.3 is 0 Å². The summed E-state index contributed by atoms with van der Waals surface area (Å²) >= 11 is 1.69. The first-order valence-electron chi connectivity index (χ1n) is 4.92. The van der Waals surface area contributed by atoms with Crippen LogP contribution in [0.4, 0.5) is 0 Å². The van der Waals surface area contributed by atoms with Crippen LogP contribution in [0.3, 0.4) is 0 Å². The first-order chi connectivity index (χ1) is 7.15. The molecule has 15 heavy (non-hydrogen) atoms. The van der Waals surface area contributed by atoms with Crippen molar-refractivity contribution in [2.45, 2.75) is 26.3 Å². The Morgan fingerprint density at radius 3 is 2.93 bits per heavy atom. The number of hydrogen-bond donors (Lipinski definition) is 1. The van der Waals surface area contributed by atoms with E-state index in [2.05, 4.69) is 18.0 Å². The van der Waals surface area contributed by atoms with Gasteiger partial charge in [0.15, 0.2) is 0 Å². The minimum absolute atomic E-state index is 0.119. The van der Waals surface area contributed by atoms with Crippen LogP contribution < -0.4 is 5.73 Å². The van der Waals surface area contributed by atoms with E-state index in [1.165, 1.54) is 4.88 Å². The van der Waals surface area contributed by atoms with Gasteiger partial charge < -0.3 is 10.2 Å². The Morgan fingerprint density at radius 1 is 1.53 bits per heavy atom. The molecule has 2 heterocycles. The van der Waals surface area contributed by atoms with Gasteiger partial charge in [-0.1, -0.05) is 0 Å². The third-order valence-electron chi connectivity index (χ3n) is 2.03. The number of thiophene rings is 1. The van der Waals surface area contributed by atoms with E-state index in [9.17, 15) is 0 Å². The fourth-order valence-corrected chi connectivity index (χ4v) is 2.19. The second-order valence-electron chi connectivity index (χ2n) is 3.74. The lowest BCUT2D eigenvalue weighted by Crippen LogP contribution is -2.17. The highest BCUT2D eigenvalue weighted by molar-refractivity contribution is 7.15. The first kappa shape index (κ1) is 10.4. The molecular weight excluding hydrogens is 208 g/mol. The predicted molar refractivity (Wildman–Crippen MR) is 61.9 cm³/mol. The van der Waals surface area contributed by atoms with E-state index in [0.29, 0.717) is 5.89 Å². The number of oxazole rings is 1. The zero-order valence-electron chi connectivity index (χ0n) is 8.86. The summed E-state index contributed by atoms with van der Waals surface area (Å²) in [6.07, 6.45) is 2.45. The highest BCUT2D eigenvalue weighted by atomic mass is 32.1. The van der Waals surface area contributed by atoms with Crippen LogP contribution in [0.2, 0.25) is 0 Å². The van der Waals surface area contributed by atoms with Gasteiger partial charge in [0.25, 0.3) is 0 Å². The lowest BCUT2D eigenvalue weighted by atomic mass is 10.2. The Kier molecular flexibility index (Phi) is 2.88. The number of aromatic nitrogens is 1. The molecule has 4 heteroatoms. The predicted octanol–water partition coefficient (Wildman–Crippen LogP) is 2.60. The quantitative estimate of drug-likeness (QED) is 0.868. The highest BCUT2D eigenvalue weighted by Crippen LogP contribution is 2.26. The number of nitrogens with zero attached hydrogens (tertiary/aromatic N) is 1. The second-order valence-corrected chi connectivity index (χ2v) is 5.02. The van der Waals surface area contributed by atoms with Crippen molar-refractivity contribution in [1.29, 1.82) is 0 Å². The van der Waals surface area contributed by atoms with Crippen LogP contribution in [0.5, 0.6) is 0 Å². The van der Waals surface area contributed by atoms with Gasteiger partial charge in [0, 0.05) is 17.3 Å². The monoisotopic (exact) mass is 222 g/mol. The molecule has 0 amide bonds. The summed E-state index contributed by atoms with van der Waals surface area (Å²) < 4.78 is 5.41. The van der Waals surface area contributed by atoms with Gasteiger partial charge in [-0.15, -0.1) is 11.3 Å². The third kappa shape index (κ3) is 2.46. The Bertz CT molecular complexity index is 445. The van der Waals surface area contributed by atoms with Crippen molar-refractivity contribution in [1.82, 2.24) is 4.98 Å². The number of rotatable bonds is 3. The van der Waals surface area contributed by atoms with Gasteiger partial charge in [-0.05, 0) is 26.0 Å². The van der Waals surface area contributed by atoms with Gasteiger partial charge in [0.2, 0.25) is 5.89 Å². The van der Waals surface area contributed by atoms with Crippen LogP contribution in [0.25, 0.3) is 10.8 Å². The van der Waals surface area contributed by atoms with Crippen molar-refractivity contribution in [3.8, 4) is 10.8 Å². The topological polar surface area (TPSA) is 52.0 Å². The third-order valence-corrected chi connectivity index (χ3v) is 3.02. The smallest absolute Gasteiger partial charge is 0.236 e. The molecule has 0 aromatic carbocycles. The average Bonchev–Trinajstić information content (AvgIpc) is 2.72. The average molecular weight is 222 g/mol. The summed E-state index contributed by atoms with van der Waals surface area (Å²) in [6, 6.07) is 4.21. The minimum atomic E-state index is 0.119. The minimum Gasteiger partial charge on any atom is -0.444 e. The largest absolute Gasteiger partial charge is 0.444 e. The maximum atomic E-state index is 5.70.